The van der Waals surface area contributed by atoms with E-state index in [4.69, 9.17) is 0 Å². The standard InChI is InChI=1S/C23H20N4O2/c1-26-15-18(11-12-22(26)28)23(29)25-24-13-19-16-27(14-17-7-3-2-4-8-17)21-10-6-5-9-20(19)21/h2-13,15-16H,14H2,1H3,(H,25,29)/b24-13-. The fourth-order valence-electron chi connectivity index (χ4n) is 3.24. The van der Waals surface area contributed by atoms with Gasteiger partial charge in [-0.2, -0.15) is 5.10 Å². The van der Waals surface area contributed by atoms with Crippen LogP contribution in [0.2, 0.25) is 0 Å². The molecule has 2 aromatic carbocycles. The van der Waals surface area contributed by atoms with E-state index in [9.17, 15) is 9.59 Å². The average molecular weight is 384 g/mol. The summed E-state index contributed by atoms with van der Waals surface area (Å²) >= 11 is 0. The predicted molar refractivity (Wildman–Crippen MR) is 114 cm³/mol. The molecule has 6 nitrogen and oxygen atoms in total. The third-order valence-corrected chi connectivity index (χ3v) is 4.73. The maximum Gasteiger partial charge on any atom is 0.272 e. The first-order valence-corrected chi connectivity index (χ1v) is 9.24. The molecule has 0 spiro atoms. The Labute approximate surface area is 167 Å². The molecular weight excluding hydrogens is 364 g/mol. The number of nitrogens with zero attached hydrogens (tertiary/aromatic N) is 3. The van der Waals surface area contributed by atoms with Crippen molar-refractivity contribution in [3.8, 4) is 0 Å². The number of carbonyl (C=O) groups excluding carboxylic acids is 1. The molecule has 0 saturated carbocycles. The number of aryl methyl sites for hydroxylation is 1. The number of aromatic nitrogens is 2. The molecule has 0 aliphatic carbocycles. The topological polar surface area (TPSA) is 68.4 Å². The number of carbonyl (C=O) groups is 1. The lowest BCUT2D eigenvalue weighted by Gasteiger charge is -2.05. The highest BCUT2D eigenvalue weighted by Crippen LogP contribution is 2.21. The van der Waals surface area contributed by atoms with E-state index in [1.165, 1.54) is 28.5 Å². The van der Waals surface area contributed by atoms with Gasteiger partial charge in [0.25, 0.3) is 5.91 Å². The van der Waals surface area contributed by atoms with E-state index in [1.54, 1.807) is 13.3 Å². The van der Waals surface area contributed by atoms with Crippen molar-refractivity contribution in [2.75, 3.05) is 0 Å². The molecule has 144 valence electrons. The summed E-state index contributed by atoms with van der Waals surface area (Å²) in [4.78, 5) is 23.7. The molecule has 0 aliphatic rings. The van der Waals surface area contributed by atoms with Crippen molar-refractivity contribution in [3.05, 3.63) is 106 Å². The largest absolute Gasteiger partial charge is 0.342 e. The van der Waals surface area contributed by atoms with Crippen molar-refractivity contribution >= 4 is 23.0 Å². The highest BCUT2D eigenvalue weighted by molar-refractivity contribution is 6.00. The molecule has 1 amide bonds. The summed E-state index contributed by atoms with van der Waals surface area (Å²) < 4.78 is 3.52. The highest BCUT2D eigenvalue weighted by atomic mass is 16.2. The van der Waals surface area contributed by atoms with Crippen LogP contribution < -0.4 is 11.0 Å². The molecule has 0 bridgehead atoms. The molecule has 0 atom stereocenters. The van der Waals surface area contributed by atoms with Crippen LogP contribution in [0.4, 0.5) is 0 Å². The van der Waals surface area contributed by atoms with Gasteiger partial charge in [-0.05, 0) is 17.7 Å². The van der Waals surface area contributed by atoms with Crippen LogP contribution in [0.1, 0.15) is 21.5 Å². The molecule has 0 saturated heterocycles. The Morgan fingerprint density at radius 1 is 1.00 bits per heavy atom. The second kappa shape index (κ2) is 7.98. The van der Waals surface area contributed by atoms with Crippen LogP contribution in [-0.4, -0.2) is 21.3 Å². The fourth-order valence-corrected chi connectivity index (χ4v) is 3.24. The number of rotatable bonds is 5. The zero-order chi connectivity index (χ0) is 20.2. The summed E-state index contributed by atoms with van der Waals surface area (Å²) in [6.07, 6.45) is 5.15. The van der Waals surface area contributed by atoms with E-state index < -0.39 is 0 Å². The van der Waals surface area contributed by atoms with Gasteiger partial charge in [0.1, 0.15) is 0 Å². The number of hydrogen-bond donors (Lipinski definition) is 1. The molecular formula is C23H20N4O2. The minimum Gasteiger partial charge on any atom is -0.342 e. The Bertz CT molecular complexity index is 1250. The predicted octanol–water partition coefficient (Wildman–Crippen LogP) is 3.15. The van der Waals surface area contributed by atoms with Crippen molar-refractivity contribution < 1.29 is 4.79 Å². The van der Waals surface area contributed by atoms with Gasteiger partial charge in [0.2, 0.25) is 5.56 Å². The van der Waals surface area contributed by atoms with Crippen molar-refractivity contribution in [2.24, 2.45) is 12.1 Å². The lowest BCUT2D eigenvalue weighted by Crippen LogP contribution is -2.22. The Kier molecular flexibility index (Phi) is 5.07. The zero-order valence-electron chi connectivity index (χ0n) is 15.9. The number of nitrogens with one attached hydrogen (secondary N) is 1. The molecule has 0 radical (unpaired) electrons. The van der Waals surface area contributed by atoms with Crippen molar-refractivity contribution in [3.63, 3.8) is 0 Å². The minimum absolute atomic E-state index is 0.170. The van der Waals surface area contributed by atoms with E-state index in [2.05, 4.69) is 33.3 Å². The monoisotopic (exact) mass is 384 g/mol. The van der Waals surface area contributed by atoms with Crippen LogP contribution in [-0.2, 0) is 13.6 Å². The van der Waals surface area contributed by atoms with Crippen LogP contribution in [0.25, 0.3) is 10.9 Å². The Hall–Kier alpha value is -3.93. The van der Waals surface area contributed by atoms with Gasteiger partial charge in [-0.25, -0.2) is 5.43 Å². The van der Waals surface area contributed by atoms with Gasteiger partial charge in [0.05, 0.1) is 11.8 Å². The second-order valence-corrected chi connectivity index (χ2v) is 6.78. The van der Waals surface area contributed by atoms with Gasteiger partial charge in [0, 0.05) is 48.5 Å². The molecule has 1 N–H and O–H groups in total. The van der Waals surface area contributed by atoms with Crippen LogP contribution in [0.5, 0.6) is 0 Å². The number of para-hydroxylation sites is 1. The van der Waals surface area contributed by atoms with E-state index in [0.717, 1.165) is 23.0 Å². The Morgan fingerprint density at radius 3 is 2.55 bits per heavy atom. The van der Waals surface area contributed by atoms with E-state index in [-0.39, 0.29) is 11.5 Å². The molecule has 0 unspecified atom stereocenters. The minimum atomic E-state index is -0.370. The Morgan fingerprint density at radius 2 is 1.76 bits per heavy atom. The van der Waals surface area contributed by atoms with Crippen LogP contribution in [0.15, 0.2) is 89.0 Å². The van der Waals surface area contributed by atoms with E-state index in [0.29, 0.717) is 5.56 Å². The molecule has 2 aromatic heterocycles. The summed E-state index contributed by atoms with van der Waals surface area (Å²) in [5, 5.41) is 5.17. The molecule has 29 heavy (non-hydrogen) atoms. The van der Waals surface area contributed by atoms with Gasteiger partial charge in [0.15, 0.2) is 0 Å². The van der Waals surface area contributed by atoms with Gasteiger partial charge in [-0.3, -0.25) is 9.59 Å². The third kappa shape index (κ3) is 4.01. The van der Waals surface area contributed by atoms with Crippen LogP contribution in [0.3, 0.4) is 0 Å². The average Bonchev–Trinajstić information content (AvgIpc) is 3.08. The lowest BCUT2D eigenvalue weighted by atomic mass is 10.2. The second-order valence-electron chi connectivity index (χ2n) is 6.78. The number of amides is 1. The fraction of sp³-hybridized carbons (Fsp3) is 0.0870. The highest BCUT2D eigenvalue weighted by Gasteiger charge is 2.08. The summed E-state index contributed by atoms with van der Waals surface area (Å²) in [7, 11) is 1.60. The normalized spacial score (nSPS) is 11.2. The van der Waals surface area contributed by atoms with Crippen molar-refractivity contribution in [2.45, 2.75) is 6.54 Å². The molecule has 4 rings (SSSR count). The van der Waals surface area contributed by atoms with Crippen molar-refractivity contribution in [1.82, 2.24) is 14.6 Å². The van der Waals surface area contributed by atoms with Gasteiger partial charge < -0.3 is 9.13 Å². The first-order chi connectivity index (χ1) is 14.1. The number of benzene rings is 2. The summed E-state index contributed by atoms with van der Waals surface area (Å²) in [5.74, 6) is -0.370. The molecule has 6 heteroatoms. The Balaban J connectivity index is 1.56. The maximum absolute atomic E-state index is 12.3. The zero-order valence-corrected chi connectivity index (χ0v) is 15.9. The van der Waals surface area contributed by atoms with Gasteiger partial charge in [-0.15, -0.1) is 0 Å². The smallest absolute Gasteiger partial charge is 0.272 e. The van der Waals surface area contributed by atoms with Gasteiger partial charge in [-0.1, -0.05) is 48.5 Å². The van der Waals surface area contributed by atoms with Crippen LogP contribution >= 0.6 is 0 Å². The first kappa shape index (κ1) is 18.4. The van der Waals surface area contributed by atoms with E-state index in [1.807, 2.05) is 42.6 Å². The molecule has 4 aromatic rings. The molecule has 0 aliphatic heterocycles. The summed E-state index contributed by atoms with van der Waals surface area (Å²) in [6.45, 7) is 0.750. The number of pyridine rings is 1. The quantitative estimate of drug-likeness (QED) is 0.424. The third-order valence-electron chi connectivity index (χ3n) is 4.73. The summed E-state index contributed by atoms with van der Waals surface area (Å²) in [5.41, 5.74) is 5.95. The van der Waals surface area contributed by atoms with E-state index >= 15 is 0 Å². The van der Waals surface area contributed by atoms with Crippen molar-refractivity contribution in [1.29, 1.82) is 0 Å². The number of hydrogen-bond acceptors (Lipinski definition) is 3. The molecule has 2 heterocycles. The number of fused-ring (bicyclic) bond motifs is 1. The maximum atomic E-state index is 12.3. The lowest BCUT2D eigenvalue weighted by molar-refractivity contribution is 0.0954. The summed E-state index contributed by atoms with van der Waals surface area (Å²) in [6, 6.07) is 21.2. The number of hydrazone groups is 1. The molecule has 0 fully saturated rings. The first-order valence-electron chi connectivity index (χ1n) is 9.24. The van der Waals surface area contributed by atoms with Gasteiger partial charge >= 0.3 is 0 Å². The SMILES string of the molecule is Cn1cc(C(=O)N/N=C\c2cn(Cc3ccccc3)c3ccccc23)ccc1=O. The van der Waals surface area contributed by atoms with Crippen LogP contribution in [0, 0.1) is 0 Å².